The van der Waals surface area contributed by atoms with Gasteiger partial charge in [-0.15, -0.1) is 0 Å². The van der Waals surface area contributed by atoms with Gasteiger partial charge in [0.25, 0.3) is 0 Å². The van der Waals surface area contributed by atoms with Crippen molar-refractivity contribution >= 4 is 46.1 Å². The maximum Gasteiger partial charge on any atom is 0.238 e. The van der Waals surface area contributed by atoms with E-state index in [4.69, 9.17) is 4.74 Å². The number of nitrogens with zero attached hydrogens (tertiary/aromatic N) is 4. The molecule has 4 atom stereocenters. The van der Waals surface area contributed by atoms with E-state index in [1.807, 2.05) is 67.5 Å². The van der Waals surface area contributed by atoms with E-state index in [9.17, 15) is 24.3 Å². The number of imide groups is 1. The minimum Gasteiger partial charge on any atom is -0.491 e. The number of aliphatic hydroxyl groups excluding tert-OH is 1. The lowest BCUT2D eigenvalue weighted by molar-refractivity contribution is -0.123. The lowest BCUT2D eigenvalue weighted by atomic mass is 9.59. The first kappa shape index (κ1) is 32.1. The predicted molar refractivity (Wildman–Crippen MR) is 184 cm³/mol. The van der Waals surface area contributed by atoms with E-state index >= 15 is 0 Å². The molecule has 2 amide bonds. The van der Waals surface area contributed by atoms with Crippen molar-refractivity contribution in [1.29, 1.82) is 0 Å². The summed E-state index contributed by atoms with van der Waals surface area (Å²) in [6.07, 6.45) is 3.87. The average Bonchev–Trinajstić information content (AvgIpc) is 3.37. The Hall–Kier alpha value is -5.48. The number of hydrogen-bond acceptors (Lipinski definition) is 9. The molecular weight excluding hydrogens is 620 g/mol. The number of aliphatic hydroxyl groups is 1. The summed E-state index contributed by atoms with van der Waals surface area (Å²) in [5.74, 6) is -2.98. The summed E-state index contributed by atoms with van der Waals surface area (Å²) in [4.78, 5) is 58.7. The fraction of sp³-hybridized carbons (Fsp3) is 0.282. The quantitative estimate of drug-likeness (QED) is 0.133. The van der Waals surface area contributed by atoms with Crippen LogP contribution >= 0.6 is 0 Å². The monoisotopic (exact) mass is 656 g/mol. The highest BCUT2D eigenvalue weighted by Gasteiger charge is 2.56. The average molecular weight is 657 g/mol. The molecule has 3 aromatic carbocycles. The van der Waals surface area contributed by atoms with Gasteiger partial charge in [-0.2, -0.15) is 10.2 Å². The number of azo groups is 1. The van der Waals surface area contributed by atoms with Crippen LogP contribution < -0.4 is 14.5 Å². The minimum atomic E-state index is -0.700. The van der Waals surface area contributed by atoms with E-state index in [-0.39, 0.29) is 43.0 Å². The van der Waals surface area contributed by atoms with Crippen LogP contribution in [0.25, 0.3) is 0 Å². The van der Waals surface area contributed by atoms with Crippen LogP contribution in [0.1, 0.15) is 31.2 Å². The van der Waals surface area contributed by atoms with Crippen molar-refractivity contribution in [3.8, 4) is 5.75 Å². The van der Waals surface area contributed by atoms with E-state index in [0.29, 0.717) is 51.5 Å². The number of ether oxygens (including phenoxy) is 1. The van der Waals surface area contributed by atoms with E-state index in [0.717, 1.165) is 11.3 Å². The molecule has 0 aromatic heterocycles. The Kier molecular flexibility index (Phi) is 8.42. The van der Waals surface area contributed by atoms with Crippen molar-refractivity contribution in [2.75, 3.05) is 37.1 Å². The van der Waals surface area contributed by atoms with Crippen molar-refractivity contribution < 1.29 is 29.0 Å². The van der Waals surface area contributed by atoms with Gasteiger partial charge in [0.1, 0.15) is 12.4 Å². The molecular formula is C39H36N4O6. The second kappa shape index (κ2) is 12.9. The van der Waals surface area contributed by atoms with Gasteiger partial charge in [0, 0.05) is 48.0 Å². The van der Waals surface area contributed by atoms with Gasteiger partial charge in [-0.25, -0.2) is 0 Å². The Labute approximate surface area is 284 Å². The number of carbonyl (C=O) groups excluding carboxylic acids is 4. The molecule has 248 valence electrons. The van der Waals surface area contributed by atoms with Gasteiger partial charge in [0.05, 0.1) is 35.5 Å². The molecule has 0 saturated carbocycles. The SMILES string of the molecule is CC1=CC(=O)C2=C(C1=O)[C@@H](c1ccccc1OCCO)C1=CC[C@@H]3C(=O)N(c4ccc(N=Nc5ccc(N(C)C)cc5)cc4)C(=O)[C@@H]3[C@@H]1C2. The molecule has 1 N–H and O–H groups in total. The number of allylic oxidation sites excluding steroid dienone is 6. The Bertz CT molecular complexity index is 1990. The van der Waals surface area contributed by atoms with Crippen molar-refractivity contribution in [1.82, 2.24) is 0 Å². The van der Waals surface area contributed by atoms with Gasteiger partial charge >= 0.3 is 0 Å². The zero-order valence-electron chi connectivity index (χ0n) is 27.5. The Morgan fingerprint density at radius 1 is 0.878 bits per heavy atom. The standard InChI is InChI=1S/C39H36N4O6/c1-22-20-32(45)31-21-30-27(34(36(31)37(22)46)28-6-4-5-7-33(28)49-19-18-44)16-17-29-35(30)39(48)43(38(29)47)26-14-10-24(11-15-26)41-40-23-8-12-25(13-9-23)42(2)3/h4-16,20,29-30,34-35,44H,17-19,21H2,1-3H3/t29-,30+,34+,35-/m0/s1. The van der Waals surface area contributed by atoms with Crippen LogP contribution in [0.5, 0.6) is 5.75 Å². The van der Waals surface area contributed by atoms with Crippen molar-refractivity contribution in [3.63, 3.8) is 0 Å². The number of anilines is 2. The third kappa shape index (κ3) is 5.61. The van der Waals surface area contributed by atoms with Gasteiger partial charge < -0.3 is 14.7 Å². The maximum atomic E-state index is 14.3. The van der Waals surface area contributed by atoms with Gasteiger partial charge in [0.15, 0.2) is 11.6 Å². The number of Topliss-reactive ketones (excluding diaryl/α,β-unsaturated/α-hetero) is 1. The molecule has 1 fully saturated rings. The second-order valence-corrected chi connectivity index (χ2v) is 13.0. The number of fused-ring (bicyclic) bond motifs is 3. The highest BCUT2D eigenvalue weighted by Crippen LogP contribution is 2.56. The third-order valence-corrected chi connectivity index (χ3v) is 9.90. The van der Waals surface area contributed by atoms with Crippen LogP contribution in [-0.4, -0.2) is 55.8 Å². The zero-order chi connectivity index (χ0) is 34.4. The van der Waals surface area contributed by atoms with Crippen LogP contribution in [0.3, 0.4) is 0 Å². The van der Waals surface area contributed by atoms with Crippen LogP contribution in [0.15, 0.2) is 117 Å². The van der Waals surface area contributed by atoms with Crippen molar-refractivity contribution in [3.05, 3.63) is 113 Å². The molecule has 0 bridgehead atoms. The Morgan fingerprint density at radius 2 is 1.55 bits per heavy atom. The summed E-state index contributed by atoms with van der Waals surface area (Å²) in [5, 5.41) is 18.1. The number of hydrogen-bond donors (Lipinski definition) is 1. The first-order valence-corrected chi connectivity index (χ1v) is 16.4. The van der Waals surface area contributed by atoms with E-state index in [2.05, 4.69) is 10.2 Å². The minimum absolute atomic E-state index is 0.0562. The molecule has 3 aliphatic carbocycles. The lowest BCUT2D eigenvalue weighted by Crippen LogP contribution is -2.40. The number of para-hydroxylation sites is 1. The smallest absolute Gasteiger partial charge is 0.238 e. The summed E-state index contributed by atoms with van der Waals surface area (Å²) in [7, 11) is 3.93. The number of ketones is 2. The van der Waals surface area contributed by atoms with Crippen LogP contribution in [0, 0.1) is 17.8 Å². The molecule has 10 heteroatoms. The molecule has 3 aromatic rings. The molecule has 0 spiro atoms. The molecule has 1 heterocycles. The van der Waals surface area contributed by atoms with E-state index < -0.39 is 23.7 Å². The highest BCUT2D eigenvalue weighted by atomic mass is 16.5. The molecule has 4 aliphatic rings. The summed E-state index contributed by atoms with van der Waals surface area (Å²) < 4.78 is 5.90. The van der Waals surface area contributed by atoms with E-state index in [1.165, 1.54) is 11.0 Å². The fourth-order valence-corrected chi connectivity index (χ4v) is 7.58. The number of amides is 2. The van der Waals surface area contributed by atoms with Crippen LogP contribution in [0.4, 0.5) is 22.7 Å². The van der Waals surface area contributed by atoms with Crippen LogP contribution in [0.2, 0.25) is 0 Å². The van der Waals surface area contributed by atoms with Crippen molar-refractivity contribution in [2.45, 2.75) is 25.7 Å². The first-order valence-electron chi connectivity index (χ1n) is 16.4. The summed E-state index contributed by atoms with van der Waals surface area (Å²) >= 11 is 0. The lowest BCUT2D eigenvalue weighted by Gasteiger charge is -2.42. The Balaban J connectivity index is 1.20. The Morgan fingerprint density at radius 3 is 2.22 bits per heavy atom. The summed E-state index contributed by atoms with van der Waals surface area (Å²) in [5.41, 5.74) is 5.42. The van der Waals surface area contributed by atoms with Gasteiger partial charge in [-0.3, -0.25) is 24.1 Å². The number of benzene rings is 3. The largest absolute Gasteiger partial charge is 0.491 e. The third-order valence-electron chi connectivity index (χ3n) is 9.90. The van der Waals surface area contributed by atoms with Crippen LogP contribution in [-0.2, 0) is 19.2 Å². The summed E-state index contributed by atoms with van der Waals surface area (Å²) in [6, 6.07) is 21.8. The molecule has 0 unspecified atom stereocenters. The molecule has 0 radical (unpaired) electrons. The molecule has 10 nitrogen and oxygen atoms in total. The molecule has 7 rings (SSSR count). The van der Waals surface area contributed by atoms with Gasteiger partial charge in [-0.05, 0) is 86.4 Å². The molecule has 1 saturated heterocycles. The first-order chi connectivity index (χ1) is 23.7. The van der Waals surface area contributed by atoms with Crippen molar-refractivity contribution in [2.24, 2.45) is 28.0 Å². The maximum absolute atomic E-state index is 14.3. The topological polar surface area (TPSA) is 129 Å². The second-order valence-electron chi connectivity index (χ2n) is 13.0. The van der Waals surface area contributed by atoms with Gasteiger partial charge in [-0.1, -0.05) is 29.8 Å². The molecule has 1 aliphatic heterocycles. The normalized spacial score (nSPS) is 23.3. The number of rotatable bonds is 8. The van der Waals surface area contributed by atoms with Gasteiger partial charge in [0.2, 0.25) is 11.8 Å². The highest BCUT2D eigenvalue weighted by molar-refractivity contribution is 6.25. The molecule has 49 heavy (non-hydrogen) atoms. The zero-order valence-corrected chi connectivity index (χ0v) is 27.5. The number of carbonyl (C=O) groups is 4. The predicted octanol–water partition coefficient (Wildman–Crippen LogP) is 6.17. The van der Waals surface area contributed by atoms with E-state index in [1.54, 1.807) is 37.3 Å². The summed E-state index contributed by atoms with van der Waals surface area (Å²) in [6.45, 7) is 1.50. The fourth-order valence-electron chi connectivity index (χ4n) is 7.58.